The van der Waals surface area contributed by atoms with Crippen molar-refractivity contribution in [2.45, 2.75) is 6.36 Å². The number of ether oxygens (including phenoxy) is 2. The van der Waals surface area contributed by atoms with Crippen LogP contribution in [-0.4, -0.2) is 18.5 Å². The second kappa shape index (κ2) is 4.64. The quantitative estimate of drug-likeness (QED) is 0.911. The van der Waals surface area contributed by atoms with E-state index in [1.165, 1.54) is 25.3 Å². The Kier molecular flexibility index (Phi) is 3.18. The molecule has 2 rings (SSSR count). The van der Waals surface area contributed by atoms with E-state index in [1.54, 1.807) is 18.3 Å². The van der Waals surface area contributed by atoms with Gasteiger partial charge in [0.05, 0.1) is 7.11 Å². The first kappa shape index (κ1) is 12.3. The third-order valence-corrected chi connectivity index (χ3v) is 2.29. The van der Waals surface area contributed by atoms with Crippen molar-refractivity contribution in [1.29, 1.82) is 0 Å². The van der Waals surface area contributed by atoms with E-state index < -0.39 is 6.36 Å². The van der Waals surface area contributed by atoms with E-state index in [2.05, 4.69) is 9.72 Å². The molecular weight excluding hydrogens is 247 g/mol. The molecule has 3 nitrogen and oxygen atoms in total. The highest BCUT2D eigenvalue weighted by molar-refractivity contribution is 5.69. The normalized spacial score (nSPS) is 11.3. The largest absolute Gasteiger partial charge is 0.573 e. The summed E-state index contributed by atoms with van der Waals surface area (Å²) in [5, 5.41) is 0. The Bertz CT molecular complexity index is 521. The standard InChI is InChI=1S/C12H10F3NO2/c1-17-11-5-4-8(18-12(13,14)15)7-9(11)10-3-2-6-16-10/h2-7,16H,1H3. The van der Waals surface area contributed by atoms with E-state index in [0.717, 1.165) is 0 Å². The van der Waals surface area contributed by atoms with E-state index in [1.807, 2.05) is 0 Å². The number of hydrogen-bond donors (Lipinski definition) is 1. The molecular formula is C12H10F3NO2. The van der Waals surface area contributed by atoms with Crippen LogP contribution in [0, 0.1) is 0 Å². The van der Waals surface area contributed by atoms with Crippen LogP contribution in [0.4, 0.5) is 13.2 Å². The number of rotatable bonds is 3. The van der Waals surface area contributed by atoms with Crippen LogP contribution >= 0.6 is 0 Å². The van der Waals surface area contributed by atoms with Gasteiger partial charge in [0.2, 0.25) is 0 Å². The van der Waals surface area contributed by atoms with Crippen LogP contribution in [0.2, 0.25) is 0 Å². The molecule has 0 amide bonds. The van der Waals surface area contributed by atoms with E-state index in [4.69, 9.17) is 4.74 Å². The maximum absolute atomic E-state index is 12.1. The first-order valence-electron chi connectivity index (χ1n) is 5.07. The number of methoxy groups -OCH3 is 1. The molecule has 0 aliphatic rings. The molecule has 0 spiro atoms. The van der Waals surface area contributed by atoms with E-state index in [-0.39, 0.29) is 5.75 Å². The lowest BCUT2D eigenvalue weighted by Gasteiger charge is -2.12. The summed E-state index contributed by atoms with van der Waals surface area (Å²) in [6.07, 6.45) is -3.03. The van der Waals surface area contributed by atoms with Crippen LogP contribution in [0.25, 0.3) is 11.3 Å². The van der Waals surface area contributed by atoms with Crippen LogP contribution in [0.1, 0.15) is 0 Å². The molecule has 0 aliphatic heterocycles. The van der Waals surface area contributed by atoms with E-state index in [9.17, 15) is 13.2 Å². The third kappa shape index (κ3) is 2.77. The molecule has 0 fully saturated rings. The highest BCUT2D eigenvalue weighted by Gasteiger charge is 2.31. The van der Waals surface area contributed by atoms with Gasteiger partial charge in [0, 0.05) is 17.5 Å². The van der Waals surface area contributed by atoms with Gasteiger partial charge in [-0.05, 0) is 30.3 Å². The minimum absolute atomic E-state index is 0.284. The fourth-order valence-corrected chi connectivity index (χ4v) is 1.59. The first-order chi connectivity index (χ1) is 8.49. The second-order valence-corrected chi connectivity index (χ2v) is 3.49. The molecule has 1 aromatic heterocycles. The molecule has 6 heteroatoms. The minimum atomic E-state index is -4.71. The SMILES string of the molecule is COc1ccc(OC(F)(F)F)cc1-c1ccc[nH]1. The van der Waals surface area contributed by atoms with Crippen molar-refractivity contribution >= 4 is 0 Å². The van der Waals surface area contributed by atoms with Gasteiger partial charge in [0.1, 0.15) is 11.5 Å². The first-order valence-corrected chi connectivity index (χ1v) is 5.07. The Labute approximate surface area is 101 Å². The number of alkyl halides is 3. The van der Waals surface area contributed by atoms with Crippen LogP contribution in [0.15, 0.2) is 36.5 Å². The molecule has 1 aromatic carbocycles. The molecule has 2 aromatic rings. The number of aromatic amines is 1. The number of aromatic nitrogens is 1. The predicted molar refractivity (Wildman–Crippen MR) is 59.5 cm³/mol. The third-order valence-electron chi connectivity index (χ3n) is 2.29. The molecule has 0 unspecified atom stereocenters. The van der Waals surface area contributed by atoms with Gasteiger partial charge in [-0.15, -0.1) is 13.2 Å². The zero-order valence-corrected chi connectivity index (χ0v) is 9.41. The predicted octanol–water partition coefficient (Wildman–Crippen LogP) is 3.59. The lowest BCUT2D eigenvalue weighted by molar-refractivity contribution is -0.274. The summed E-state index contributed by atoms with van der Waals surface area (Å²) >= 11 is 0. The summed E-state index contributed by atoms with van der Waals surface area (Å²) in [5.41, 5.74) is 1.16. The van der Waals surface area contributed by atoms with Gasteiger partial charge < -0.3 is 14.5 Å². The summed E-state index contributed by atoms with van der Waals surface area (Å²) in [6, 6.07) is 7.38. The molecule has 0 radical (unpaired) electrons. The zero-order chi connectivity index (χ0) is 13.2. The van der Waals surface area contributed by atoms with E-state index >= 15 is 0 Å². The van der Waals surface area contributed by atoms with Gasteiger partial charge in [0.25, 0.3) is 0 Å². The zero-order valence-electron chi connectivity index (χ0n) is 9.41. The fraction of sp³-hybridized carbons (Fsp3) is 0.167. The monoisotopic (exact) mass is 257 g/mol. The van der Waals surface area contributed by atoms with E-state index in [0.29, 0.717) is 17.0 Å². The molecule has 1 N–H and O–H groups in total. The van der Waals surface area contributed by atoms with Crippen molar-refractivity contribution in [3.05, 3.63) is 36.5 Å². The number of halogens is 3. The highest BCUT2D eigenvalue weighted by atomic mass is 19.4. The summed E-state index contributed by atoms with van der Waals surface area (Å²) in [7, 11) is 1.45. The number of nitrogens with one attached hydrogen (secondary N) is 1. The van der Waals surface area contributed by atoms with Crippen LogP contribution in [0.3, 0.4) is 0 Å². The summed E-state index contributed by atoms with van der Waals surface area (Å²) in [6.45, 7) is 0. The summed E-state index contributed by atoms with van der Waals surface area (Å²) < 4.78 is 45.4. The Balaban J connectivity index is 2.40. The molecule has 0 atom stereocenters. The number of hydrogen-bond acceptors (Lipinski definition) is 2. The smallest absolute Gasteiger partial charge is 0.496 e. The maximum atomic E-state index is 12.1. The van der Waals surface area contributed by atoms with Gasteiger partial charge in [-0.1, -0.05) is 0 Å². The lowest BCUT2D eigenvalue weighted by atomic mass is 10.1. The number of H-pyrrole nitrogens is 1. The molecule has 0 aliphatic carbocycles. The van der Waals surface area contributed by atoms with Crippen LogP contribution in [0.5, 0.6) is 11.5 Å². The Hall–Kier alpha value is -2.11. The topological polar surface area (TPSA) is 34.2 Å². The van der Waals surface area contributed by atoms with Gasteiger partial charge >= 0.3 is 6.36 Å². The van der Waals surface area contributed by atoms with Gasteiger partial charge in [-0.3, -0.25) is 0 Å². The van der Waals surface area contributed by atoms with Crippen molar-refractivity contribution in [3.63, 3.8) is 0 Å². The molecule has 0 saturated carbocycles. The summed E-state index contributed by atoms with van der Waals surface area (Å²) in [5.74, 6) is 0.180. The minimum Gasteiger partial charge on any atom is -0.496 e. The van der Waals surface area contributed by atoms with Crippen molar-refractivity contribution < 1.29 is 22.6 Å². The molecule has 0 saturated heterocycles. The second-order valence-electron chi connectivity index (χ2n) is 3.49. The van der Waals surface area contributed by atoms with Crippen LogP contribution in [-0.2, 0) is 0 Å². The average molecular weight is 257 g/mol. The molecule has 1 heterocycles. The molecule has 96 valence electrons. The maximum Gasteiger partial charge on any atom is 0.573 e. The highest BCUT2D eigenvalue weighted by Crippen LogP contribution is 2.34. The molecule has 18 heavy (non-hydrogen) atoms. The van der Waals surface area contributed by atoms with Crippen molar-refractivity contribution in [2.75, 3.05) is 7.11 Å². The molecule has 0 bridgehead atoms. The van der Waals surface area contributed by atoms with Crippen molar-refractivity contribution in [1.82, 2.24) is 4.98 Å². The Morgan fingerprint density at radius 1 is 1.17 bits per heavy atom. The number of benzene rings is 1. The van der Waals surface area contributed by atoms with Crippen LogP contribution < -0.4 is 9.47 Å². The van der Waals surface area contributed by atoms with Crippen molar-refractivity contribution in [2.24, 2.45) is 0 Å². The Morgan fingerprint density at radius 2 is 1.94 bits per heavy atom. The average Bonchev–Trinajstić information content (AvgIpc) is 2.80. The van der Waals surface area contributed by atoms with Gasteiger partial charge in [-0.25, -0.2) is 0 Å². The Morgan fingerprint density at radius 3 is 2.50 bits per heavy atom. The fourth-order valence-electron chi connectivity index (χ4n) is 1.59. The van der Waals surface area contributed by atoms with Gasteiger partial charge in [0.15, 0.2) is 0 Å². The van der Waals surface area contributed by atoms with Gasteiger partial charge in [-0.2, -0.15) is 0 Å². The van der Waals surface area contributed by atoms with Crippen molar-refractivity contribution in [3.8, 4) is 22.8 Å². The lowest BCUT2D eigenvalue weighted by Crippen LogP contribution is -2.17. The summed E-state index contributed by atoms with van der Waals surface area (Å²) in [4.78, 5) is 2.90.